The van der Waals surface area contributed by atoms with Crippen molar-refractivity contribution in [2.45, 2.75) is 94.2 Å². The van der Waals surface area contributed by atoms with Crippen LogP contribution in [0.15, 0.2) is 10.2 Å². The molecule has 0 aliphatic rings. The molecular weight excluding hydrogens is 268 g/mol. The molecule has 0 spiro atoms. The summed E-state index contributed by atoms with van der Waals surface area (Å²) in [6.07, 6.45) is 0. The highest BCUT2D eigenvalue weighted by atomic mass is 15.2. The Bertz CT molecular complexity index is 271. The lowest BCUT2D eigenvalue weighted by Crippen LogP contribution is -2.47. The smallest absolute Gasteiger partial charge is 0.0884 e. The third-order valence-corrected chi connectivity index (χ3v) is 5.95. The van der Waals surface area contributed by atoms with E-state index in [4.69, 9.17) is 10.2 Å². The molecule has 0 bridgehead atoms. The summed E-state index contributed by atoms with van der Waals surface area (Å²) in [7, 11) is 0. The predicted molar refractivity (Wildman–Crippen MR) is 99.3 cm³/mol. The van der Waals surface area contributed by atoms with E-state index in [1.54, 1.807) is 0 Å². The molecule has 0 N–H and O–H groups in total. The fraction of sp³-hybridized carbons (Fsp3) is 1.00. The SMILES string of the molecule is CC(C)C(N=NC(C(C)C)(C(C)C)C(C)C)(C(C)C)C(C)C. The Balaban J connectivity index is 6.10. The van der Waals surface area contributed by atoms with Crippen molar-refractivity contribution < 1.29 is 0 Å². The Morgan fingerprint density at radius 1 is 0.364 bits per heavy atom. The van der Waals surface area contributed by atoms with Gasteiger partial charge in [-0.15, -0.1) is 0 Å². The van der Waals surface area contributed by atoms with Crippen LogP contribution in [0.2, 0.25) is 0 Å². The van der Waals surface area contributed by atoms with Crippen LogP contribution in [0, 0.1) is 35.5 Å². The first-order valence-corrected chi connectivity index (χ1v) is 9.31. The van der Waals surface area contributed by atoms with Crippen LogP contribution in [-0.2, 0) is 0 Å². The number of nitrogens with zero attached hydrogens (tertiary/aromatic N) is 2. The molecule has 0 unspecified atom stereocenters. The highest BCUT2D eigenvalue weighted by Crippen LogP contribution is 2.43. The van der Waals surface area contributed by atoms with E-state index in [1.165, 1.54) is 0 Å². The van der Waals surface area contributed by atoms with Crippen molar-refractivity contribution in [3.8, 4) is 0 Å². The second-order valence-electron chi connectivity index (χ2n) is 8.90. The lowest BCUT2D eigenvalue weighted by atomic mass is 9.69. The van der Waals surface area contributed by atoms with Gasteiger partial charge < -0.3 is 0 Å². The van der Waals surface area contributed by atoms with E-state index in [0.29, 0.717) is 35.5 Å². The zero-order valence-corrected chi connectivity index (χ0v) is 17.4. The van der Waals surface area contributed by atoms with Gasteiger partial charge in [-0.2, -0.15) is 10.2 Å². The molecule has 0 fully saturated rings. The molecule has 22 heavy (non-hydrogen) atoms. The third kappa shape index (κ3) is 3.74. The van der Waals surface area contributed by atoms with Gasteiger partial charge in [-0.25, -0.2) is 0 Å². The Hall–Kier alpha value is -0.400. The van der Waals surface area contributed by atoms with Crippen molar-refractivity contribution in [2.24, 2.45) is 45.7 Å². The molecule has 0 saturated heterocycles. The Labute approximate surface area is 140 Å². The molecule has 0 aromatic heterocycles. The van der Waals surface area contributed by atoms with Crippen LogP contribution in [0.25, 0.3) is 0 Å². The molecule has 0 aromatic rings. The summed E-state index contributed by atoms with van der Waals surface area (Å²) in [5.74, 6) is 2.92. The Morgan fingerprint density at radius 2 is 0.500 bits per heavy atom. The highest BCUT2D eigenvalue weighted by Gasteiger charge is 2.45. The number of rotatable bonds is 8. The van der Waals surface area contributed by atoms with E-state index in [-0.39, 0.29) is 11.1 Å². The molecule has 0 rings (SSSR count). The molecular formula is C20H42N2. The van der Waals surface area contributed by atoms with Gasteiger partial charge in [-0.05, 0) is 35.5 Å². The lowest BCUT2D eigenvalue weighted by molar-refractivity contribution is 0.106. The van der Waals surface area contributed by atoms with Gasteiger partial charge in [0.25, 0.3) is 0 Å². The maximum absolute atomic E-state index is 5.12. The second kappa shape index (κ2) is 7.93. The Kier molecular flexibility index (Phi) is 7.78. The van der Waals surface area contributed by atoms with Crippen molar-refractivity contribution in [1.82, 2.24) is 0 Å². The lowest BCUT2D eigenvalue weighted by Gasteiger charge is -2.44. The minimum Gasteiger partial charge on any atom is -0.186 e. The molecule has 132 valence electrons. The minimum absolute atomic E-state index is 0.0794. The normalized spacial score (nSPS) is 14.8. The van der Waals surface area contributed by atoms with Crippen molar-refractivity contribution in [3.05, 3.63) is 0 Å². The number of azo groups is 1. The van der Waals surface area contributed by atoms with Crippen molar-refractivity contribution >= 4 is 0 Å². The second-order valence-corrected chi connectivity index (χ2v) is 8.90. The summed E-state index contributed by atoms with van der Waals surface area (Å²) in [4.78, 5) is 0. The Morgan fingerprint density at radius 3 is 0.591 bits per heavy atom. The first-order chi connectivity index (χ1) is 9.87. The summed E-state index contributed by atoms with van der Waals surface area (Å²) in [5, 5.41) is 10.2. The average Bonchev–Trinajstić information content (AvgIpc) is 2.31. The van der Waals surface area contributed by atoms with Crippen LogP contribution in [0.1, 0.15) is 83.1 Å². The molecule has 0 saturated carbocycles. The molecule has 2 nitrogen and oxygen atoms in total. The van der Waals surface area contributed by atoms with Crippen LogP contribution in [0.4, 0.5) is 0 Å². The molecule has 2 heteroatoms. The zero-order chi connectivity index (χ0) is 17.9. The molecule has 0 radical (unpaired) electrons. The fourth-order valence-corrected chi connectivity index (χ4v) is 4.87. The maximum Gasteiger partial charge on any atom is 0.0884 e. The van der Waals surface area contributed by atoms with Crippen molar-refractivity contribution in [1.29, 1.82) is 0 Å². The van der Waals surface area contributed by atoms with E-state index in [0.717, 1.165) is 0 Å². The van der Waals surface area contributed by atoms with Gasteiger partial charge in [-0.1, -0.05) is 83.1 Å². The summed E-state index contributed by atoms with van der Waals surface area (Å²) < 4.78 is 0. The molecule has 0 atom stereocenters. The molecule has 0 heterocycles. The van der Waals surface area contributed by atoms with E-state index in [1.807, 2.05) is 0 Å². The largest absolute Gasteiger partial charge is 0.186 e. The molecule has 0 aliphatic carbocycles. The van der Waals surface area contributed by atoms with E-state index in [2.05, 4.69) is 83.1 Å². The van der Waals surface area contributed by atoms with Gasteiger partial charge >= 0.3 is 0 Å². The van der Waals surface area contributed by atoms with Crippen LogP contribution in [0.5, 0.6) is 0 Å². The van der Waals surface area contributed by atoms with Crippen LogP contribution in [0.3, 0.4) is 0 Å². The van der Waals surface area contributed by atoms with E-state index >= 15 is 0 Å². The van der Waals surface area contributed by atoms with Crippen molar-refractivity contribution in [3.63, 3.8) is 0 Å². The monoisotopic (exact) mass is 310 g/mol. The number of hydrogen-bond donors (Lipinski definition) is 0. The molecule has 0 amide bonds. The standard InChI is InChI=1S/C20H42N2/c1-13(2)19(14(3)4,15(5)6)21-22-20(16(7)8,17(9)10)18(11)12/h13-18H,1-12H3. The first kappa shape index (κ1) is 21.6. The van der Waals surface area contributed by atoms with Gasteiger partial charge in [0.1, 0.15) is 0 Å². The van der Waals surface area contributed by atoms with Gasteiger partial charge in [0.05, 0.1) is 11.1 Å². The van der Waals surface area contributed by atoms with E-state index in [9.17, 15) is 0 Å². The van der Waals surface area contributed by atoms with E-state index < -0.39 is 0 Å². The third-order valence-electron chi connectivity index (χ3n) is 5.95. The number of hydrogen-bond acceptors (Lipinski definition) is 2. The topological polar surface area (TPSA) is 24.7 Å². The van der Waals surface area contributed by atoms with Crippen molar-refractivity contribution in [2.75, 3.05) is 0 Å². The van der Waals surface area contributed by atoms with Crippen LogP contribution >= 0.6 is 0 Å². The van der Waals surface area contributed by atoms with Gasteiger partial charge in [0.2, 0.25) is 0 Å². The maximum atomic E-state index is 5.12. The summed E-state index contributed by atoms with van der Waals surface area (Å²) in [6.45, 7) is 27.5. The summed E-state index contributed by atoms with van der Waals surface area (Å²) in [5.41, 5.74) is -0.159. The van der Waals surface area contributed by atoms with Crippen LogP contribution in [-0.4, -0.2) is 11.1 Å². The fourth-order valence-electron chi connectivity index (χ4n) is 4.87. The van der Waals surface area contributed by atoms with Gasteiger partial charge in [-0.3, -0.25) is 0 Å². The molecule has 0 aliphatic heterocycles. The van der Waals surface area contributed by atoms with Gasteiger partial charge in [0, 0.05) is 0 Å². The summed E-state index contributed by atoms with van der Waals surface area (Å²) >= 11 is 0. The van der Waals surface area contributed by atoms with Gasteiger partial charge in [0.15, 0.2) is 0 Å². The minimum atomic E-state index is -0.0794. The van der Waals surface area contributed by atoms with Crippen LogP contribution < -0.4 is 0 Å². The first-order valence-electron chi connectivity index (χ1n) is 9.31. The average molecular weight is 311 g/mol. The summed E-state index contributed by atoms with van der Waals surface area (Å²) in [6, 6.07) is 0. The quantitative estimate of drug-likeness (QED) is 0.438. The zero-order valence-electron chi connectivity index (χ0n) is 17.4. The highest BCUT2D eigenvalue weighted by molar-refractivity contribution is 5.00. The predicted octanol–water partition coefficient (Wildman–Crippen LogP) is 6.85. The molecule has 0 aromatic carbocycles.